The minimum Gasteiger partial charge on any atom is -0.435 e. The van der Waals surface area contributed by atoms with E-state index in [0.717, 1.165) is 5.56 Å². The first-order valence-electron chi connectivity index (χ1n) is 7.36. The van der Waals surface area contributed by atoms with Crippen molar-refractivity contribution in [3.05, 3.63) is 35.7 Å². The molecule has 0 saturated carbocycles. The first kappa shape index (κ1) is 18.2. The molecule has 0 fully saturated rings. The van der Waals surface area contributed by atoms with Crippen LogP contribution in [0.25, 0.3) is 0 Å². The van der Waals surface area contributed by atoms with Gasteiger partial charge in [-0.1, -0.05) is 23.9 Å². The highest BCUT2D eigenvalue weighted by atomic mass is 32.2. The summed E-state index contributed by atoms with van der Waals surface area (Å²) >= 11 is 1.44. The van der Waals surface area contributed by atoms with Gasteiger partial charge < -0.3 is 15.0 Å². The maximum Gasteiger partial charge on any atom is 0.387 e. The minimum atomic E-state index is -2.84. The van der Waals surface area contributed by atoms with E-state index in [-0.39, 0.29) is 18.1 Å². The Bertz CT molecular complexity index is 694. The van der Waals surface area contributed by atoms with Crippen molar-refractivity contribution < 1.29 is 18.3 Å². The highest BCUT2D eigenvalue weighted by molar-refractivity contribution is 7.98. The predicted molar refractivity (Wildman–Crippen MR) is 85.8 cm³/mol. The SMILES string of the molecule is CCn1c(CCC(N)=O)nnc1SCc1cccc(OC(F)F)c1. The molecule has 0 aliphatic heterocycles. The monoisotopic (exact) mass is 356 g/mol. The number of alkyl halides is 2. The molecular weight excluding hydrogens is 338 g/mol. The lowest BCUT2D eigenvalue weighted by atomic mass is 10.2. The van der Waals surface area contributed by atoms with Crippen LogP contribution in [0.5, 0.6) is 5.75 Å². The van der Waals surface area contributed by atoms with Crippen molar-refractivity contribution in [3.8, 4) is 5.75 Å². The fourth-order valence-electron chi connectivity index (χ4n) is 2.12. The Kier molecular flexibility index (Phi) is 6.53. The van der Waals surface area contributed by atoms with E-state index in [4.69, 9.17) is 5.73 Å². The van der Waals surface area contributed by atoms with E-state index in [0.29, 0.717) is 29.7 Å². The van der Waals surface area contributed by atoms with Gasteiger partial charge in [-0.25, -0.2) is 0 Å². The highest BCUT2D eigenvalue weighted by Gasteiger charge is 2.12. The predicted octanol–water partition coefficient (Wildman–Crippen LogP) is 2.61. The normalized spacial score (nSPS) is 11.0. The van der Waals surface area contributed by atoms with Gasteiger partial charge in [-0.3, -0.25) is 4.79 Å². The van der Waals surface area contributed by atoms with Gasteiger partial charge in [0.25, 0.3) is 0 Å². The molecule has 6 nitrogen and oxygen atoms in total. The second kappa shape index (κ2) is 8.62. The minimum absolute atomic E-state index is 0.127. The average molecular weight is 356 g/mol. The smallest absolute Gasteiger partial charge is 0.387 e. The number of nitrogens with two attached hydrogens (primary N) is 1. The first-order chi connectivity index (χ1) is 11.5. The Balaban J connectivity index is 2.02. The van der Waals surface area contributed by atoms with Crippen molar-refractivity contribution in [2.45, 2.75) is 43.8 Å². The van der Waals surface area contributed by atoms with E-state index in [1.165, 1.54) is 17.8 Å². The van der Waals surface area contributed by atoms with E-state index < -0.39 is 6.61 Å². The third-order valence-corrected chi connectivity index (χ3v) is 4.23. The summed E-state index contributed by atoms with van der Waals surface area (Å²) in [5, 5.41) is 8.92. The highest BCUT2D eigenvalue weighted by Crippen LogP contribution is 2.25. The molecule has 1 aromatic heterocycles. The van der Waals surface area contributed by atoms with Crippen molar-refractivity contribution in [3.63, 3.8) is 0 Å². The zero-order chi connectivity index (χ0) is 17.5. The van der Waals surface area contributed by atoms with Crippen LogP contribution in [-0.2, 0) is 23.5 Å². The third kappa shape index (κ3) is 5.19. The van der Waals surface area contributed by atoms with Crippen LogP contribution in [0, 0.1) is 0 Å². The van der Waals surface area contributed by atoms with Crippen molar-refractivity contribution in [1.29, 1.82) is 0 Å². The molecule has 0 radical (unpaired) electrons. The van der Waals surface area contributed by atoms with Gasteiger partial charge in [0, 0.05) is 25.1 Å². The maximum atomic E-state index is 12.3. The number of halogens is 2. The van der Waals surface area contributed by atoms with E-state index in [2.05, 4.69) is 14.9 Å². The summed E-state index contributed by atoms with van der Waals surface area (Å²) in [7, 11) is 0. The van der Waals surface area contributed by atoms with Gasteiger partial charge in [0.05, 0.1) is 0 Å². The number of rotatable bonds is 9. The number of benzene rings is 1. The van der Waals surface area contributed by atoms with Crippen LogP contribution in [0.2, 0.25) is 0 Å². The van der Waals surface area contributed by atoms with Crippen molar-refractivity contribution >= 4 is 17.7 Å². The number of aromatic nitrogens is 3. The number of ether oxygens (including phenoxy) is 1. The molecule has 0 bridgehead atoms. The molecule has 9 heteroatoms. The third-order valence-electron chi connectivity index (χ3n) is 3.20. The number of thioether (sulfide) groups is 1. The number of aryl methyl sites for hydroxylation is 1. The van der Waals surface area contributed by atoms with Gasteiger partial charge in [0.1, 0.15) is 11.6 Å². The van der Waals surface area contributed by atoms with Crippen molar-refractivity contribution in [1.82, 2.24) is 14.8 Å². The van der Waals surface area contributed by atoms with E-state index >= 15 is 0 Å². The summed E-state index contributed by atoms with van der Waals surface area (Å²) < 4.78 is 30.8. The maximum absolute atomic E-state index is 12.3. The Hall–Kier alpha value is -2.16. The molecule has 0 aliphatic rings. The molecule has 2 N–H and O–H groups in total. The Labute approximate surface area is 142 Å². The van der Waals surface area contributed by atoms with Crippen LogP contribution < -0.4 is 10.5 Å². The fourth-order valence-corrected chi connectivity index (χ4v) is 3.09. The molecule has 2 aromatic rings. The lowest BCUT2D eigenvalue weighted by Gasteiger charge is -2.08. The van der Waals surface area contributed by atoms with Crippen molar-refractivity contribution in [2.24, 2.45) is 5.73 Å². The van der Waals surface area contributed by atoms with Gasteiger partial charge in [-0.05, 0) is 24.6 Å². The Morgan fingerprint density at radius 2 is 2.21 bits per heavy atom. The zero-order valence-electron chi connectivity index (χ0n) is 13.1. The van der Waals surface area contributed by atoms with Crippen LogP contribution in [0.1, 0.15) is 24.7 Å². The van der Waals surface area contributed by atoms with E-state index in [1.54, 1.807) is 12.1 Å². The Morgan fingerprint density at radius 3 is 2.88 bits per heavy atom. The number of primary amides is 1. The number of hydrogen-bond donors (Lipinski definition) is 1. The lowest BCUT2D eigenvalue weighted by molar-refractivity contribution is -0.118. The van der Waals surface area contributed by atoms with Crippen LogP contribution in [-0.4, -0.2) is 27.3 Å². The fraction of sp³-hybridized carbons (Fsp3) is 0.400. The summed E-state index contributed by atoms with van der Waals surface area (Å²) in [6, 6.07) is 6.54. The summed E-state index contributed by atoms with van der Waals surface area (Å²) in [6.07, 6.45) is 0.657. The molecule has 130 valence electrons. The molecule has 0 aliphatic carbocycles. The van der Waals surface area contributed by atoms with E-state index in [9.17, 15) is 13.6 Å². The molecule has 24 heavy (non-hydrogen) atoms. The molecule has 1 aromatic carbocycles. The standard InChI is InChI=1S/C15H18F2N4O2S/c1-2-21-13(7-6-12(18)22)19-20-15(21)24-9-10-4-3-5-11(8-10)23-14(16)17/h3-5,8,14H,2,6-7,9H2,1H3,(H2,18,22). The molecule has 0 atom stereocenters. The number of nitrogens with zero attached hydrogens (tertiary/aromatic N) is 3. The number of hydrogen-bond acceptors (Lipinski definition) is 5. The van der Waals surface area contributed by atoms with Gasteiger partial charge >= 0.3 is 6.61 Å². The second-order valence-corrected chi connectivity index (χ2v) is 5.87. The molecule has 2 rings (SSSR count). The summed E-state index contributed by atoms with van der Waals surface area (Å²) in [6.45, 7) is -0.222. The lowest BCUT2D eigenvalue weighted by Crippen LogP contribution is -2.13. The van der Waals surface area contributed by atoms with Crippen LogP contribution in [0.3, 0.4) is 0 Å². The van der Waals surface area contributed by atoms with Crippen LogP contribution in [0.4, 0.5) is 8.78 Å². The van der Waals surface area contributed by atoms with Gasteiger partial charge in [0.2, 0.25) is 5.91 Å². The largest absolute Gasteiger partial charge is 0.435 e. The zero-order valence-corrected chi connectivity index (χ0v) is 13.9. The molecule has 1 heterocycles. The topological polar surface area (TPSA) is 83.0 Å². The summed E-state index contributed by atoms with van der Waals surface area (Å²) in [5.41, 5.74) is 5.99. The van der Waals surface area contributed by atoms with Crippen LogP contribution in [0.15, 0.2) is 29.4 Å². The van der Waals surface area contributed by atoms with E-state index in [1.807, 2.05) is 17.6 Å². The quantitative estimate of drug-likeness (QED) is 0.698. The summed E-state index contributed by atoms with van der Waals surface area (Å²) in [4.78, 5) is 10.9. The van der Waals surface area contributed by atoms with Crippen LogP contribution >= 0.6 is 11.8 Å². The average Bonchev–Trinajstić information content (AvgIpc) is 2.92. The molecule has 1 amide bonds. The number of carbonyl (C=O) groups is 1. The Morgan fingerprint density at radius 1 is 1.42 bits per heavy atom. The van der Waals surface area contributed by atoms with Gasteiger partial charge in [-0.15, -0.1) is 10.2 Å². The summed E-state index contributed by atoms with van der Waals surface area (Å²) in [5.74, 6) is 0.982. The molecular formula is C15H18F2N4O2S. The first-order valence-corrected chi connectivity index (χ1v) is 8.35. The van der Waals surface area contributed by atoms with Gasteiger partial charge in [-0.2, -0.15) is 8.78 Å². The molecule has 0 spiro atoms. The molecule has 0 unspecified atom stereocenters. The molecule has 0 saturated heterocycles. The van der Waals surface area contributed by atoms with Crippen molar-refractivity contribution in [2.75, 3.05) is 0 Å². The number of carbonyl (C=O) groups excluding carboxylic acids is 1. The second-order valence-electron chi connectivity index (χ2n) is 4.92. The van der Waals surface area contributed by atoms with Gasteiger partial charge in [0.15, 0.2) is 5.16 Å². The number of amides is 1.